The van der Waals surface area contributed by atoms with Crippen molar-refractivity contribution >= 4 is 23.2 Å². The number of rotatable bonds is 6. The molecular formula is C17H19FN2O3S. The number of ether oxygens (including phenoxy) is 1. The molecule has 1 N–H and O–H groups in total. The molecule has 0 aliphatic carbocycles. The van der Waals surface area contributed by atoms with E-state index in [2.05, 4.69) is 10.3 Å². The summed E-state index contributed by atoms with van der Waals surface area (Å²) in [5, 5.41) is 5.10. The van der Waals surface area contributed by atoms with E-state index >= 15 is 0 Å². The highest BCUT2D eigenvalue weighted by Crippen LogP contribution is 2.24. The molecule has 128 valence electrons. The molecule has 0 spiro atoms. The van der Waals surface area contributed by atoms with Gasteiger partial charge in [-0.05, 0) is 30.2 Å². The first-order valence-electron chi connectivity index (χ1n) is 7.51. The zero-order valence-corrected chi connectivity index (χ0v) is 14.5. The van der Waals surface area contributed by atoms with Gasteiger partial charge in [0.05, 0.1) is 5.69 Å². The molecule has 1 aromatic heterocycles. The molecule has 0 saturated carbocycles. The molecule has 0 aliphatic heterocycles. The van der Waals surface area contributed by atoms with Crippen LogP contribution < -0.4 is 5.32 Å². The van der Waals surface area contributed by atoms with E-state index < -0.39 is 12.0 Å². The van der Waals surface area contributed by atoms with Crippen LogP contribution in [0.3, 0.4) is 0 Å². The quantitative estimate of drug-likeness (QED) is 0.813. The predicted octanol–water partition coefficient (Wildman–Crippen LogP) is 3.15. The Kier molecular flexibility index (Phi) is 6.03. The second-order valence-electron chi connectivity index (χ2n) is 5.68. The maximum atomic E-state index is 12.9. The van der Waals surface area contributed by atoms with Crippen LogP contribution in [0.5, 0.6) is 0 Å². The molecule has 0 fully saturated rings. The van der Waals surface area contributed by atoms with E-state index in [1.807, 2.05) is 13.8 Å². The fourth-order valence-corrected chi connectivity index (χ4v) is 2.86. The van der Waals surface area contributed by atoms with Crippen molar-refractivity contribution in [3.8, 4) is 10.6 Å². The van der Waals surface area contributed by atoms with E-state index in [9.17, 15) is 14.0 Å². The van der Waals surface area contributed by atoms with Crippen LogP contribution in [0, 0.1) is 11.7 Å². The molecule has 1 amide bonds. The number of amides is 1. The van der Waals surface area contributed by atoms with Gasteiger partial charge in [-0.25, -0.2) is 14.2 Å². The Bertz CT molecular complexity index is 713. The van der Waals surface area contributed by atoms with Gasteiger partial charge in [-0.3, -0.25) is 4.79 Å². The standard InChI is InChI=1S/C17H19FN2O3S/c1-10(2)15(19-11(3)21)17(22)23-8-14-9-24-16(20-14)12-4-6-13(18)7-5-12/h4-7,9-10,15H,8H2,1-3H3,(H,19,21). The Balaban J connectivity index is 1.98. The Morgan fingerprint density at radius 3 is 2.54 bits per heavy atom. The highest BCUT2D eigenvalue weighted by atomic mass is 32.1. The first kappa shape index (κ1) is 18.1. The van der Waals surface area contributed by atoms with Crippen molar-refractivity contribution in [1.82, 2.24) is 10.3 Å². The van der Waals surface area contributed by atoms with Gasteiger partial charge < -0.3 is 10.1 Å². The van der Waals surface area contributed by atoms with Crippen LogP contribution in [0.15, 0.2) is 29.6 Å². The van der Waals surface area contributed by atoms with Gasteiger partial charge in [0.2, 0.25) is 5.91 Å². The molecule has 1 aromatic carbocycles. The van der Waals surface area contributed by atoms with Crippen LogP contribution >= 0.6 is 11.3 Å². The molecule has 0 bridgehead atoms. The van der Waals surface area contributed by atoms with Gasteiger partial charge in [0.25, 0.3) is 0 Å². The third-order valence-corrected chi connectivity index (χ3v) is 4.22. The van der Waals surface area contributed by atoms with Gasteiger partial charge in [-0.1, -0.05) is 13.8 Å². The second kappa shape index (κ2) is 8.01. The largest absolute Gasteiger partial charge is 0.458 e. The molecule has 0 saturated heterocycles. The van der Waals surface area contributed by atoms with Gasteiger partial charge in [-0.15, -0.1) is 11.3 Å². The summed E-state index contributed by atoms with van der Waals surface area (Å²) in [6.45, 7) is 5.05. The first-order chi connectivity index (χ1) is 11.4. The summed E-state index contributed by atoms with van der Waals surface area (Å²) in [6.07, 6.45) is 0. The van der Waals surface area contributed by atoms with Crippen LogP contribution in [0.2, 0.25) is 0 Å². The maximum Gasteiger partial charge on any atom is 0.329 e. The number of thiazole rings is 1. The van der Waals surface area contributed by atoms with Gasteiger partial charge in [0.15, 0.2) is 0 Å². The Hall–Kier alpha value is -2.28. The number of carbonyl (C=O) groups is 2. The summed E-state index contributed by atoms with van der Waals surface area (Å²) in [5.74, 6) is -1.15. The van der Waals surface area contributed by atoms with Gasteiger partial charge >= 0.3 is 5.97 Å². The van der Waals surface area contributed by atoms with E-state index in [-0.39, 0.29) is 24.2 Å². The number of aromatic nitrogens is 1. The summed E-state index contributed by atoms with van der Waals surface area (Å²) >= 11 is 1.39. The van der Waals surface area contributed by atoms with Crippen molar-refractivity contribution in [2.45, 2.75) is 33.4 Å². The number of hydrogen-bond acceptors (Lipinski definition) is 5. The van der Waals surface area contributed by atoms with Gasteiger partial charge in [0.1, 0.15) is 23.5 Å². The van der Waals surface area contributed by atoms with E-state index in [0.717, 1.165) is 10.6 Å². The second-order valence-corrected chi connectivity index (χ2v) is 6.54. The molecule has 0 radical (unpaired) electrons. The molecule has 1 heterocycles. The monoisotopic (exact) mass is 350 g/mol. The normalized spacial score (nSPS) is 12.0. The lowest BCUT2D eigenvalue weighted by atomic mass is 10.0. The molecule has 0 aliphatic rings. The van der Waals surface area contributed by atoms with Crippen LogP contribution in [0.4, 0.5) is 4.39 Å². The number of benzene rings is 1. The zero-order chi connectivity index (χ0) is 17.7. The summed E-state index contributed by atoms with van der Waals surface area (Å²) < 4.78 is 18.2. The molecule has 1 atom stereocenters. The van der Waals surface area contributed by atoms with Crippen molar-refractivity contribution in [2.75, 3.05) is 0 Å². The third kappa shape index (κ3) is 4.86. The Morgan fingerprint density at radius 1 is 1.29 bits per heavy atom. The van der Waals surface area contributed by atoms with E-state index in [1.54, 1.807) is 17.5 Å². The van der Waals surface area contributed by atoms with Crippen molar-refractivity contribution in [3.63, 3.8) is 0 Å². The van der Waals surface area contributed by atoms with E-state index in [4.69, 9.17) is 4.74 Å². The number of hydrogen-bond donors (Lipinski definition) is 1. The lowest BCUT2D eigenvalue weighted by molar-refractivity contribution is -0.150. The van der Waals surface area contributed by atoms with Crippen molar-refractivity contribution in [2.24, 2.45) is 5.92 Å². The van der Waals surface area contributed by atoms with Crippen molar-refractivity contribution in [1.29, 1.82) is 0 Å². The van der Waals surface area contributed by atoms with Crippen LogP contribution in [-0.2, 0) is 20.9 Å². The fourth-order valence-electron chi connectivity index (χ4n) is 2.05. The van der Waals surface area contributed by atoms with Gasteiger partial charge in [0, 0.05) is 17.9 Å². The molecule has 2 rings (SSSR count). The molecule has 7 heteroatoms. The summed E-state index contributed by atoms with van der Waals surface area (Å²) in [5.41, 5.74) is 1.41. The predicted molar refractivity (Wildman–Crippen MR) is 89.7 cm³/mol. The van der Waals surface area contributed by atoms with Crippen LogP contribution in [-0.4, -0.2) is 22.9 Å². The molecule has 2 aromatic rings. The third-order valence-electron chi connectivity index (χ3n) is 3.28. The van der Waals surface area contributed by atoms with Crippen LogP contribution in [0.25, 0.3) is 10.6 Å². The first-order valence-corrected chi connectivity index (χ1v) is 8.39. The highest BCUT2D eigenvalue weighted by Gasteiger charge is 2.24. The molecule has 5 nitrogen and oxygen atoms in total. The van der Waals surface area contributed by atoms with Crippen molar-refractivity contribution < 1.29 is 18.7 Å². The molecular weight excluding hydrogens is 331 g/mol. The van der Waals surface area contributed by atoms with Crippen LogP contribution in [0.1, 0.15) is 26.5 Å². The number of esters is 1. The Labute approximate surface area is 143 Å². The highest BCUT2D eigenvalue weighted by molar-refractivity contribution is 7.13. The molecule has 1 unspecified atom stereocenters. The molecule has 24 heavy (non-hydrogen) atoms. The minimum Gasteiger partial charge on any atom is -0.458 e. The smallest absolute Gasteiger partial charge is 0.329 e. The zero-order valence-electron chi connectivity index (χ0n) is 13.7. The van der Waals surface area contributed by atoms with Gasteiger partial charge in [-0.2, -0.15) is 0 Å². The number of nitrogens with zero attached hydrogens (tertiary/aromatic N) is 1. The minimum atomic E-state index is -0.683. The average Bonchev–Trinajstić information content (AvgIpc) is 2.99. The average molecular weight is 350 g/mol. The topological polar surface area (TPSA) is 68.3 Å². The lowest BCUT2D eigenvalue weighted by Gasteiger charge is -2.19. The van der Waals surface area contributed by atoms with Crippen molar-refractivity contribution in [3.05, 3.63) is 41.2 Å². The Morgan fingerprint density at radius 2 is 1.96 bits per heavy atom. The van der Waals surface area contributed by atoms with E-state index in [1.165, 1.54) is 30.4 Å². The summed E-state index contributed by atoms with van der Waals surface area (Å²) in [6, 6.07) is 5.36. The number of carbonyl (C=O) groups excluding carboxylic acids is 2. The minimum absolute atomic E-state index is 0.0271. The maximum absolute atomic E-state index is 12.9. The SMILES string of the molecule is CC(=O)NC(C(=O)OCc1csc(-c2ccc(F)cc2)n1)C(C)C. The number of halogens is 1. The summed E-state index contributed by atoms with van der Waals surface area (Å²) in [4.78, 5) is 27.6. The fraction of sp³-hybridized carbons (Fsp3) is 0.353. The lowest BCUT2D eigenvalue weighted by Crippen LogP contribution is -2.44. The van der Waals surface area contributed by atoms with E-state index in [0.29, 0.717) is 5.69 Å². The summed E-state index contributed by atoms with van der Waals surface area (Å²) in [7, 11) is 0. The number of nitrogens with one attached hydrogen (secondary N) is 1.